The minimum atomic E-state index is -1.74. The molecule has 0 spiro atoms. The van der Waals surface area contributed by atoms with E-state index in [4.69, 9.17) is 0 Å². The first-order valence-corrected chi connectivity index (χ1v) is 16.0. The number of benzene rings is 2. The van der Waals surface area contributed by atoms with Crippen molar-refractivity contribution < 1.29 is 58.9 Å². The molecule has 3 rings (SSSR count). The topological polar surface area (TPSA) is 0 Å². The van der Waals surface area contributed by atoms with Crippen molar-refractivity contribution >= 4 is 18.4 Å². The average molecular weight is 598 g/mol. The molecule has 0 bridgehead atoms. The third-order valence-electron chi connectivity index (χ3n) is 6.99. The summed E-state index contributed by atoms with van der Waals surface area (Å²) in [6.45, 7) is 9.67. The summed E-state index contributed by atoms with van der Waals surface area (Å²) in [6, 6.07) is 25.6. The van der Waals surface area contributed by atoms with Crippen molar-refractivity contribution in [2.24, 2.45) is 0 Å². The van der Waals surface area contributed by atoms with E-state index in [1.54, 1.807) is 21.5 Å². The van der Waals surface area contributed by atoms with Gasteiger partial charge < -0.3 is 37.2 Å². The molecule has 0 fully saturated rings. The van der Waals surface area contributed by atoms with Crippen molar-refractivity contribution in [2.75, 3.05) is 0 Å². The van der Waals surface area contributed by atoms with Crippen LogP contribution < -0.4 is 47.6 Å². The standard InChI is InChI=1S/C31H43Si.3ClH.Ti/c1-5-7-9-12-16-26-22-27(17-13-10-8-6-2)24-31(23-26)32(3,4)30-21-20-29(25-30)28-18-14-11-15-19-28;;;;/h11,14-15,18-25H,5-10,12-13,16-17H2,1-4H3;3*1H;/q-1;;;;+4/p-3. The normalized spacial score (nSPS) is 10.4. The molecule has 3 aromatic rings. The molecule has 0 radical (unpaired) electrons. The van der Waals surface area contributed by atoms with Gasteiger partial charge in [-0.25, -0.2) is 6.07 Å². The predicted molar refractivity (Wildman–Crippen MR) is 146 cm³/mol. The smallest absolute Gasteiger partial charge is 1.00 e. The zero-order chi connectivity index (χ0) is 22.8. The van der Waals surface area contributed by atoms with Crippen molar-refractivity contribution in [1.82, 2.24) is 0 Å². The van der Waals surface area contributed by atoms with Crippen molar-refractivity contribution in [1.29, 1.82) is 0 Å². The molecule has 0 heterocycles. The Labute approximate surface area is 255 Å². The Morgan fingerprint density at radius 1 is 0.639 bits per heavy atom. The maximum atomic E-state index is 2.56. The van der Waals surface area contributed by atoms with E-state index in [0.717, 1.165) is 0 Å². The van der Waals surface area contributed by atoms with E-state index >= 15 is 0 Å². The zero-order valence-electron chi connectivity index (χ0n) is 22.6. The zero-order valence-corrected chi connectivity index (χ0v) is 27.4. The van der Waals surface area contributed by atoms with Crippen LogP contribution in [0.25, 0.3) is 11.1 Å². The second-order valence-corrected chi connectivity index (χ2v) is 14.4. The van der Waals surface area contributed by atoms with Gasteiger partial charge in [-0.15, -0.1) is 0 Å². The van der Waals surface area contributed by atoms with Gasteiger partial charge in [-0.2, -0.15) is 22.9 Å². The van der Waals surface area contributed by atoms with Gasteiger partial charge in [-0.05, 0) is 36.8 Å². The number of rotatable bonds is 13. The van der Waals surface area contributed by atoms with Gasteiger partial charge in [0.2, 0.25) is 0 Å². The first kappa shape index (κ1) is 37.7. The van der Waals surface area contributed by atoms with Crippen molar-refractivity contribution in [3.63, 3.8) is 0 Å². The van der Waals surface area contributed by atoms with E-state index in [-0.39, 0.29) is 58.9 Å². The summed E-state index contributed by atoms with van der Waals surface area (Å²) in [6.07, 6.45) is 13.2. The Morgan fingerprint density at radius 3 is 1.67 bits per heavy atom. The first-order valence-electron chi connectivity index (χ1n) is 13.0. The Kier molecular flexibility index (Phi) is 20.6. The van der Waals surface area contributed by atoms with Gasteiger partial charge in [0, 0.05) is 0 Å². The molecule has 196 valence electrons. The van der Waals surface area contributed by atoms with Crippen LogP contribution in [-0.2, 0) is 34.6 Å². The van der Waals surface area contributed by atoms with Gasteiger partial charge in [0.1, 0.15) is 0 Å². The predicted octanol–water partition coefficient (Wildman–Crippen LogP) is -0.850. The van der Waals surface area contributed by atoms with E-state index < -0.39 is 8.07 Å². The van der Waals surface area contributed by atoms with Crippen LogP contribution >= 0.6 is 0 Å². The Bertz CT molecular complexity index is 923. The molecule has 0 amide bonds. The average Bonchev–Trinajstić information content (AvgIpc) is 3.31. The summed E-state index contributed by atoms with van der Waals surface area (Å²) in [5.74, 6) is 0. The summed E-state index contributed by atoms with van der Waals surface area (Å²) >= 11 is 0. The quantitative estimate of drug-likeness (QED) is 0.137. The molecule has 0 N–H and O–H groups in total. The number of hydrogen-bond donors (Lipinski definition) is 0. The molecule has 0 saturated carbocycles. The Balaban J connectivity index is 0. The second-order valence-electron chi connectivity index (χ2n) is 10.0. The van der Waals surface area contributed by atoms with Crippen LogP contribution in [0.2, 0.25) is 13.1 Å². The van der Waals surface area contributed by atoms with E-state index in [9.17, 15) is 0 Å². The van der Waals surface area contributed by atoms with Crippen molar-refractivity contribution in [3.8, 4) is 11.1 Å². The number of hydrogen-bond acceptors (Lipinski definition) is 0. The molecule has 0 aliphatic carbocycles. The monoisotopic (exact) mass is 596 g/mol. The molecule has 36 heavy (non-hydrogen) atoms. The molecule has 3 aromatic carbocycles. The van der Waals surface area contributed by atoms with Crippen molar-refractivity contribution in [2.45, 2.75) is 91.1 Å². The van der Waals surface area contributed by atoms with Gasteiger partial charge in [-0.1, -0.05) is 125 Å². The van der Waals surface area contributed by atoms with Crippen LogP contribution in [0.5, 0.6) is 0 Å². The molecule has 0 nitrogen and oxygen atoms in total. The van der Waals surface area contributed by atoms with Gasteiger partial charge in [0.05, 0.1) is 8.07 Å². The molecule has 5 heteroatoms. The summed E-state index contributed by atoms with van der Waals surface area (Å²) < 4.78 is 0. The van der Waals surface area contributed by atoms with Crippen LogP contribution in [0.15, 0.2) is 66.7 Å². The minimum Gasteiger partial charge on any atom is -1.00 e. The third kappa shape index (κ3) is 11.1. The Hall–Kier alpha value is -0.409. The molecule has 0 saturated heterocycles. The van der Waals surface area contributed by atoms with Crippen LogP contribution in [0.3, 0.4) is 0 Å². The van der Waals surface area contributed by atoms with Gasteiger partial charge in [0.15, 0.2) is 0 Å². The van der Waals surface area contributed by atoms with Crippen LogP contribution in [-0.4, -0.2) is 8.07 Å². The maximum absolute atomic E-state index is 2.56. The molecule has 0 atom stereocenters. The molecular weight excluding hydrogens is 555 g/mol. The van der Waals surface area contributed by atoms with Gasteiger partial charge >= 0.3 is 21.7 Å². The summed E-state index contributed by atoms with van der Waals surface area (Å²) in [4.78, 5) is 0. The Morgan fingerprint density at radius 2 is 1.17 bits per heavy atom. The number of aryl methyl sites for hydroxylation is 2. The molecule has 0 unspecified atom stereocenters. The molecule has 0 aromatic heterocycles. The van der Waals surface area contributed by atoms with E-state index in [1.165, 1.54) is 75.3 Å². The molecule has 0 aliphatic rings. The summed E-state index contributed by atoms with van der Waals surface area (Å²) in [5.41, 5.74) is 5.82. The number of unbranched alkanes of at least 4 members (excludes halogenated alkanes) is 6. The van der Waals surface area contributed by atoms with E-state index in [0.29, 0.717) is 0 Å². The fraction of sp³-hybridized carbons (Fsp3) is 0.452. The summed E-state index contributed by atoms with van der Waals surface area (Å²) in [5, 5.41) is 3.16. The van der Waals surface area contributed by atoms with Gasteiger partial charge in [-0.3, -0.25) is 0 Å². The second kappa shape index (κ2) is 19.6. The van der Waals surface area contributed by atoms with E-state index in [2.05, 4.69) is 93.7 Å². The summed E-state index contributed by atoms with van der Waals surface area (Å²) in [7, 11) is -1.74. The van der Waals surface area contributed by atoms with E-state index in [1.807, 2.05) is 0 Å². The van der Waals surface area contributed by atoms with Crippen LogP contribution in [0, 0.1) is 0 Å². The fourth-order valence-electron chi connectivity index (χ4n) is 4.73. The van der Waals surface area contributed by atoms with Crippen LogP contribution in [0.1, 0.15) is 76.3 Å². The first-order chi connectivity index (χ1) is 15.5. The largest absolute Gasteiger partial charge is 4.00 e. The van der Waals surface area contributed by atoms with Crippen molar-refractivity contribution in [3.05, 3.63) is 77.9 Å². The van der Waals surface area contributed by atoms with Crippen LogP contribution in [0.4, 0.5) is 0 Å². The molecular formula is C31H43Cl3SiTi. The third-order valence-corrected chi connectivity index (χ3v) is 10.5. The maximum Gasteiger partial charge on any atom is 4.00 e. The molecule has 0 aliphatic heterocycles. The minimum absolute atomic E-state index is 0. The number of halogens is 3. The SMILES string of the molecule is CCCCCCc1cc(CCCCCC)cc([Si](C)(C)[c-]2ccc(-c3ccccc3)c2)c1.[Cl-].[Cl-].[Cl-].[Ti+4]. The van der Waals surface area contributed by atoms with Gasteiger partial charge in [0.25, 0.3) is 0 Å². The fourth-order valence-corrected chi connectivity index (χ4v) is 7.17.